The minimum atomic E-state index is -0.650. The zero-order valence-corrected chi connectivity index (χ0v) is 8.24. The van der Waals surface area contributed by atoms with E-state index < -0.39 is 11.6 Å². The lowest BCUT2D eigenvalue weighted by atomic mass is 10.0. The van der Waals surface area contributed by atoms with Crippen LogP contribution in [0, 0.1) is 23.0 Å². The highest BCUT2D eigenvalue weighted by Gasteiger charge is 2.06. The van der Waals surface area contributed by atoms with Gasteiger partial charge in [-0.15, -0.1) is 0 Å². The molecule has 0 aliphatic carbocycles. The molecule has 0 heterocycles. The van der Waals surface area contributed by atoms with Crippen molar-refractivity contribution >= 4 is 0 Å². The molecule has 0 bridgehead atoms. The molecule has 0 aromatic heterocycles. The van der Waals surface area contributed by atoms with Crippen LogP contribution in [-0.4, -0.2) is 0 Å². The van der Waals surface area contributed by atoms with Gasteiger partial charge in [-0.25, -0.2) is 8.78 Å². The van der Waals surface area contributed by atoms with E-state index in [9.17, 15) is 8.78 Å². The number of hydrogen-bond donors (Lipinski definition) is 0. The van der Waals surface area contributed by atoms with Gasteiger partial charge in [0.05, 0.1) is 11.6 Å². The highest BCUT2D eigenvalue weighted by Crippen LogP contribution is 2.24. The maximum atomic E-state index is 13.0. The molecule has 0 aliphatic heterocycles. The van der Waals surface area contributed by atoms with Crippen LogP contribution < -0.4 is 0 Å². The van der Waals surface area contributed by atoms with Crippen molar-refractivity contribution in [2.75, 3.05) is 0 Å². The molecule has 1 nitrogen and oxygen atoms in total. The molecular formula is C13H7F2N. The van der Waals surface area contributed by atoms with Gasteiger partial charge in [-0.05, 0) is 29.3 Å². The third-order valence-electron chi connectivity index (χ3n) is 2.22. The average molecular weight is 215 g/mol. The van der Waals surface area contributed by atoms with Crippen LogP contribution in [-0.2, 0) is 0 Å². The van der Waals surface area contributed by atoms with E-state index in [1.54, 1.807) is 24.3 Å². The summed E-state index contributed by atoms with van der Waals surface area (Å²) in [7, 11) is 0. The molecule has 78 valence electrons. The standard InChI is InChI=1S/C13H7F2N/c14-11-5-10(6-12(15)7-11)13-4-2-1-3-9(13)8-16/h1-7H. The van der Waals surface area contributed by atoms with Crippen LogP contribution >= 0.6 is 0 Å². The van der Waals surface area contributed by atoms with Gasteiger partial charge in [-0.3, -0.25) is 0 Å². The van der Waals surface area contributed by atoms with Gasteiger partial charge in [0.1, 0.15) is 11.6 Å². The van der Waals surface area contributed by atoms with Crippen molar-refractivity contribution in [3.05, 3.63) is 59.7 Å². The topological polar surface area (TPSA) is 23.8 Å². The van der Waals surface area contributed by atoms with Gasteiger partial charge in [0.15, 0.2) is 0 Å². The van der Waals surface area contributed by atoms with Gasteiger partial charge >= 0.3 is 0 Å². The Labute approximate surface area is 91.6 Å². The summed E-state index contributed by atoms with van der Waals surface area (Å²) in [5, 5.41) is 8.88. The summed E-state index contributed by atoms with van der Waals surface area (Å²) in [6.07, 6.45) is 0. The smallest absolute Gasteiger partial charge is 0.126 e. The molecule has 2 rings (SSSR count). The van der Waals surface area contributed by atoms with Gasteiger partial charge in [0.2, 0.25) is 0 Å². The summed E-state index contributed by atoms with van der Waals surface area (Å²) in [6.45, 7) is 0. The first-order valence-electron chi connectivity index (χ1n) is 4.66. The third kappa shape index (κ3) is 1.91. The predicted molar refractivity (Wildman–Crippen MR) is 56.5 cm³/mol. The molecule has 2 aromatic carbocycles. The van der Waals surface area contributed by atoms with Gasteiger partial charge in [-0.2, -0.15) is 5.26 Å². The largest absolute Gasteiger partial charge is 0.207 e. The molecule has 0 atom stereocenters. The van der Waals surface area contributed by atoms with Crippen LogP contribution in [0.4, 0.5) is 8.78 Å². The Morgan fingerprint density at radius 1 is 0.938 bits per heavy atom. The lowest BCUT2D eigenvalue weighted by Crippen LogP contribution is -1.87. The van der Waals surface area contributed by atoms with E-state index in [1.807, 2.05) is 6.07 Å². The van der Waals surface area contributed by atoms with Crippen LogP contribution in [0.1, 0.15) is 5.56 Å². The van der Waals surface area contributed by atoms with Crippen LogP contribution in [0.25, 0.3) is 11.1 Å². The van der Waals surface area contributed by atoms with Crippen molar-refractivity contribution in [2.24, 2.45) is 0 Å². The van der Waals surface area contributed by atoms with Crippen molar-refractivity contribution in [2.45, 2.75) is 0 Å². The highest BCUT2D eigenvalue weighted by atomic mass is 19.1. The number of halogens is 2. The summed E-state index contributed by atoms with van der Waals surface area (Å²) in [4.78, 5) is 0. The lowest BCUT2D eigenvalue weighted by molar-refractivity contribution is 0.584. The number of rotatable bonds is 1. The van der Waals surface area contributed by atoms with Crippen molar-refractivity contribution in [1.29, 1.82) is 5.26 Å². The zero-order valence-electron chi connectivity index (χ0n) is 8.24. The fourth-order valence-electron chi connectivity index (χ4n) is 1.54. The average Bonchev–Trinajstić information content (AvgIpc) is 2.27. The van der Waals surface area contributed by atoms with Gasteiger partial charge < -0.3 is 0 Å². The molecule has 0 spiro atoms. The Balaban J connectivity index is 2.63. The molecule has 0 unspecified atom stereocenters. The quantitative estimate of drug-likeness (QED) is 0.714. The Hall–Kier alpha value is -2.21. The number of nitrogens with zero attached hydrogens (tertiary/aromatic N) is 1. The van der Waals surface area contributed by atoms with Gasteiger partial charge in [-0.1, -0.05) is 18.2 Å². The third-order valence-corrected chi connectivity index (χ3v) is 2.22. The molecular weight excluding hydrogens is 208 g/mol. The molecule has 0 amide bonds. The van der Waals surface area contributed by atoms with Crippen LogP contribution in [0.5, 0.6) is 0 Å². The second kappa shape index (κ2) is 4.11. The van der Waals surface area contributed by atoms with E-state index in [4.69, 9.17) is 5.26 Å². The zero-order chi connectivity index (χ0) is 11.5. The maximum Gasteiger partial charge on any atom is 0.126 e. The van der Waals surface area contributed by atoms with Crippen molar-refractivity contribution < 1.29 is 8.78 Å². The molecule has 0 saturated heterocycles. The molecule has 16 heavy (non-hydrogen) atoms. The van der Waals surface area contributed by atoms with Crippen molar-refractivity contribution in [1.82, 2.24) is 0 Å². The summed E-state index contributed by atoms with van der Waals surface area (Å²) < 4.78 is 26.1. The molecule has 0 radical (unpaired) electrons. The number of nitriles is 1. The first kappa shape index (κ1) is 10.3. The lowest BCUT2D eigenvalue weighted by Gasteiger charge is -2.04. The molecule has 0 N–H and O–H groups in total. The Morgan fingerprint density at radius 2 is 1.56 bits per heavy atom. The second-order valence-corrected chi connectivity index (χ2v) is 3.32. The number of benzene rings is 2. The van der Waals surface area contributed by atoms with Crippen molar-refractivity contribution in [3.63, 3.8) is 0 Å². The first-order chi connectivity index (χ1) is 7.70. The minimum Gasteiger partial charge on any atom is -0.207 e. The van der Waals surface area contributed by atoms with Crippen LogP contribution in [0.3, 0.4) is 0 Å². The van der Waals surface area contributed by atoms with E-state index in [2.05, 4.69) is 0 Å². The summed E-state index contributed by atoms with van der Waals surface area (Å²) in [6, 6.07) is 11.9. The van der Waals surface area contributed by atoms with E-state index in [1.165, 1.54) is 12.1 Å². The summed E-state index contributed by atoms with van der Waals surface area (Å²) in [5.41, 5.74) is 1.30. The van der Waals surface area contributed by atoms with E-state index in [0.717, 1.165) is 6.07 Å². The molecule has 3 heteroatoms. The maximum absolute atomic E-state index is 13.0. The van der Waals surface area contributed by atoms with E-state index in [-0.39, 0.29) is 0 Å². The monoisotopic (exact) mass is 215 g/mol. The molecule has 0 aliphatic rings. The summed E-state index contributed by atoms with van der Waals surface area (Å²) in [5.74, 6) is -1.30. The van der Waals surface area contributed by atoms with E-state index >= 15 is 0 Å². The Bertz CT molecular complexity index is 550. The number of hydrogen-bond acceptors (Lipinski definition) is 1. The fourth-order valence-corrected chi connectivity index (χ4v) is 1.54. The molecule has 2 aromatic rings. The highest BCUT2D eigenvalue weighted by molar-refractivity contribution is 5.70. The molecule has 0 fully saturated rings. The van der Waals surface area contributed by atoms with Crippen molar-refractivity contribution in [3.8, 4) is 17.2 Å². The van der Waals surface area contributed by atoms with Crippen LogP contribution in [0.2, 0.25) is 0 Å². The first-order valence-corrected chi connectivity index (χ1v) is 4.66. The second-order valence-electron chi connectivity index (χ2n) is 3.32. The predicted octanol–water partition coefficient (Wildman–Crippen LogP) is 3.50. The van der Waals surface area contributed by atoms with Gasteiger partial charge in [0, 0.05) is 6.07 Å². The van der Waals surface area contributed by atoms with Crippen LogP contribution in [0.15, 0.2) is 42.5 Å². The summed E-state index contributed by atoms with van der Waals surface area (Å²) >= 11 is 0. The Kier molecular flexibility index (Phi) is 2.65. The molecule has 0 saturated carbocycles. The SMILES string of the molecule is N#Cc1ccccc1-c1cc(F)cc(F)c1. The minimum absolute atomic E-state index is 0.370. The fraction of sp³-hybridized carbons (Fsp3) is 0. The van der Waals surface area contributed by atoms with Gasteiger partial charge in [0.25, 0.3) is 0 Å². The van der Waals surface area contributed by atoms with E-state index in [0.29, 0.717) is 16.7 Å². The Morgan fingerprint density at radius 3 is 2.19 bits per heavy atom. The normalized spacial score (nSPS) is 9.81.